The number of nitrogens with zero attached hydrogens (tertiary/aromatic N) is 1. The van der Waals surface area contributed by atoms with Gasteiger partial charge in [-0.05, 0) is 41.8 Å². The average Bonchev–Trinajstić information content (AvgIpc) is 2.76. The zero-order valence-corrected chi connectivity index (χ0v) is 16.2. The molecule has 3 aromatic carbocycles. The molecule has 0 aliphatic heterocycles. The van der Waals surface area contributed by atoms with E-state index < -0.39 is 5.97 Å². The third-order valence-electron chi connectivity index (χ3n) is 4.56. The lowest BCUT2D eigenvalue weighted by Crippen LogP contribution is -2.35. The maximum absolute atomic E-state index is 12.8. The predicted octanol–water partition coefficient (Wildman–Crippen LogP) is 3.70. The third-order valence-corrected chi connectivity index (χ3v) is 4.56. The fourth-order valence-electron chi connectivity index (χ4n) is 2.93. The number of rotatable bonds is 8. The SMILES string of the molecule is Nc1ccc(C(=O)OCC(=O)N(CCc2ccccc2)Cc2ccccc2)cc1. The quantitative estimate of drug-likeness (QED) is 0.472. The summed E-state index contributed by atoms with van der Waals surface area (Å²) < 4.78 is 5.23. The van der Waals surface area contributed by atoms with Crippen molar-refractivity contribution in [2.24, 2.45) is 0 Å². The van der Waals surface area contributed by atoms with Crippen molar-refractivity contribution in [1.82, 2.24) is 4.90 Å². The van der Waals surface area contributed by atoms with E-state index in [1.807, 2.05) is 60.7 Å². The van der Waals surface area contributed by atoms with Crippen molar-refractivity contribution in [3.05, 3.63) is 102 Å². The molecule has 0 unspecified atom stereocenters. The van der Waals surface area contributed by atoms with Crippen LogP contribution in [0, 0.1) is 0 Å². The van der Waals surface area contributed by atoms with Gasteiger partial charge in [0.15, 0.2) is 6.61 Å². The Balaban J connectivity index is 1.62. The maximum atomic E-state index is 12.8. The normalized spacial score (nSPS) is 10.3. The lowest BCUT2D eigenvalue weighted by molar-refractivity contribution is -0.135. The van der Waals surface area contributed by atoms with E-state index in [2.05, 4.69) is 0 Å². The number of carbonyl (C=O) groups is 2. The molecule has 2 N–H and O–H groups in total. The molecule has 0 aliphatic rings. The molecule has 0 spiro atoms. The first-order chi connectivity index (χ1) is 14.1. The van der Waals surface area contributed by atoms with Crippen molar-refractivity contribution in [2.45, 2.75) is 13.0 Å². The Kier molecular flexibility index (Phi) is 7.00. The summed E-state index contributed by atoms with van der Waals surface area (Å²) in [5, 5.41) is 0. The van der Waals surface area contributed by atoms with Gasteiger partial charge >= 0.3 is 5.97 Å². The molecular formula is C24H24N2O3. The molecule has 29 heavy (non-hydrogen) atoms. The molecule has 0 heterocycles. The number of esters is 1. The van der Waals surface area contributed by atoms with Crippen LogP contribution in [0.3, 0.4) is 0 Å². The minimum Gasteiger partial charge on any atom is -0.452 e. The second-order valence-electron chi connectivity index (χ2n) is 6.73. The maximum Gasteiger partial charge on any atom is 0.338 e. The highest BCUT2D eigenvalue weighted by Gasteiger charge is 2.17. The molecule has 1 amide bonds. The Hall–Kier alpha value is -3.60. The van der Waals surface area contributed by atoms with Gasteiger partial charge in [0.1, 0.15) is 0 Å². The molecule has 0 bridgehead atoms. The average molecular weight is 388 g/mol. The van der Waals surface area contributed by atoms with Crippen LogP contribution in [0.2, 0.25) is 0 Å². The minimum absolute atomic E-state index is 0.228. The van der Waals surface area contributed by atoms with E-state index in [9.17, 15) is 9.59 Å². The molecule has 0 aromatic heterocycles. The molecule has 0 radical (unpaired) electrons. The molecule has 0 atom stereocenters. The van der Waals surface area contributed by atoms with Gasteiger partial charge in [0, 0.05) is 18.8 Å². The molecule has 0 saturated carbocycles. The molecular weight excluding hydrogens is 364 g/mol. The molecule has 148 valence electrons. The zero-order valence-electron chi connectivity index (χ0n) is 16.2. The van der Waals surface area contributed by atoms with Crippen molar-refractivity contribution < 1.29 is 14.3 Å². The molecule has 3 rings (SSSR count). The van der Waals surface area contributed by atoms with E-state index >= 15 is 0 Å². The van der Waals surface area contributed by atoms with Crippen molar-refractivity contribution in [1.29, 1.82) is 0 Å². The Morgan fingerprint density at radius 1 is 0.793 bits per heavy atom. The number of carbonyl (C=O) groups excluding carboxylic acids is 2. The van der Waals surface area contributed by atoms with Crippen LogP contribution in [0.1, 0.15) is 21.5 Å². The summed E-state index contributed by atoms with van der Waals surface area (Å²) in [6.45, 7) is 0.702. The Bertz CT molecular complexity index is 925. The van der Waals surface area contributed by atoms with Crippen LogP contribution in [-0.2, 0) is 22.5 Å². The standard InChI is InChI=1S/C24H24N2O3/c25-22-13-11-21(12-14-22)24(28)29-18-23(27)26(17-20-9-5-2-6-10-20)16-15-19-7-3-1-4-8-19/h1-14H,15-18,25H2. The van der Waals surface area contributed by atoms with E-state index in [-0.39, 0.29) is 12.5 Å². The van der Waals surface area contributed by atoms with Crippen LogP contribution in [0.5, 0.6) is 0 Å². The van der Waals surface area contributed by atoms with Gasteiger partial charge in [-0.3, -0.25) is 4.79 Å². The fourth-order valence-corrected chi connectivity index (χ4v) is 2.93. The van der Waals surface area contributed by atoms with Gasteiger partial charge in [0.05, 0.1) is 5.56 Å². The number of amides is 1. The van der Waals surface area contributed by atoms with Gasteiger partial charge in [-0.25, -0.2) is 4.79 Å². The number of benzene rings is 3. The van der Waals surface area contributed by atoms with Gasteiger partial charge in [-0.2, -0.15) is 0 Å². The number of nitrogen functional groups attached to an aromatic ring is 1. The highest BCUT2D eigenvalue weighted by Crippen LogP contribution is 2.10. The first-order valence-electron chi connectivity index (χ1n) is 9.50. The summed E-state index contributed by atoms with van der Waals surface area (Å²) in [5.74, 6) is -0.769. The Morgan fingerprint density at radius 3 is 2.00 bits per heavy atom. The van der Waals surface area contributed by atoms with Crippen molar-refractivity contribution >= 4 is 17.6 Å². The number of hydrogen-bond acceptors (Lipinski definition) is 4. The summed E-state index contributed by atoms with van der Waals surface area (Å²) in [6.07, 6.45) is 0.728. The molecule has 0 saturated heterocycles. The van der Waals surface area contributed by atoms with Gasteiger partial charge in [-0.15, -0.1) is 0 Å². The van der Waals surface area contributed by atoms with E-state index in [1.165, 1.54) is 0 Å². The fraction of sp³-hybridized carbons (Fsp3) is 0.167. The summed E-state index contributed by atoms with van der Waals surface area (Å²) in [4.78, 5) is 26.7. The van der Waals surface area contributed by atoms with Crippen molar-refractivity contribution in [3.8, 4) is 0 Å². The second-order valence-corrected chi connectivity index (χ2v) is 6.73. The highest BCUT2D eigenvalue weighted by molar-refractivity contribution is 5.91. The van der Waals surface area contributed by atoms with Crippen LogP contribution in [-0.4, -0.2) is 29.9 Å². The smallest absolute Gasteiger partial charge is 0.338 e. The molecule has 5 nitrogen and oxygen atoms in total. The lowest BCUT2D eigenvalue weighted by Gasteiger charge is -2.23. The Morgan fingerprint density at radius 2 is 1.38 bits per heavy atom. The van der Waals surface area contributed by atoms with Crippen LogP contribution in [0.4, 0.5) is 5.69 Å². The first-order valence-corrected chi connectivity index (χ1v) is 9.50. The molecule has 0 aliphatic carbocycles. The highest BCUT2D eigenvalue weighted by atomic mass is 16.5. The number of hydrogen-bond donors (Lipinski definition) is 1. The zero-order chi connectivity index (χ0) is 20.5. The van der Waals surface area contributed by atoms with E-state index in [1.54, 1.807) is 29.2 Å². The van der Waals surface area contributed by atoms with Gasteiger partial charge in [0.25, 0.3) is 5.91 Å². The largest absolute Gasteiger partial charge is 0.452 e. The summed E-state index contributed by atoms with van der Waals surface area (Å²) in [6, 6.07) is 26.2. The van der Waals surface area contributed by atoms with Crippen molar-refractivity contribution in [3.63, 3.8) is 0 Å². The minimum atomic E-state index is -0.541. The van der Waals surface area contributed by atoms with Crippen LogP contribution in [0.15, 0.2) is 84.9 Å². The van der Waals surface area contributed by atoms with Gasteiger partial charge in [0.2, 0.25) is 0 Å². The van der Waals surface area contributed by atoms with E-state index in [4.69, 9.17) is 10.5 Å². The van der Waals surface area contributed by atoms with Crippen LogP contribution < -0.4 is 5.73 Å². The topological polar surface area (TPSA) is 72.6 Å². The summed E-state index contributed by atoms with van der Waals surface area (Å²) in [5.41, 5.74) is 8.74. The summed E-state index contributed by atoms with van der Waals surface area (Å²) in [7, 11) is 0. The van der Waals surface area contributed by atoms with Gasteiger partial charge < -0.3 is 15.4 Å². The number of nitrogens with two attached hydrogens (primary N) is 1. The van der Waals surface area contributed by atoms with Gasteiger partial charge in [-0.1, -0.05) is 60.7 Å². The first kappa shape index (κ1) is 20.1. The van der Waals surface area contributed by atoms with E-state index in [0.717, 1.165) is 17.5 Å². The summed E-state index contributed by atoms with van der Waals surface area (Å²) >= 11 is 0. The van der Waals surface area contributed by atoms with Crippen molar-refractivity contribution in [2.75, 3.05) is 18.9 Å². The van der Waals surface area contributed by atoms with Crippen LogP contribution in [0.25, 0.3) is 0 Å². The Labute approximate surface area is 170 Å². The van der Waals surface area contributed by atoms with E-state index in [0.29, 0.717) is 24.3 Å². The number of anilines is 1. The predicted molar refractivity (Wildman–Crippen MR) is 113 cm³/mol. The molecule has 3 aromatic rings. The molecule has 0 fully saturated rings. The monoisotopic (exact) mass is 388 g/mol. The second kappa shape index (κ2) is 10.1. The number of ether oxygens (including phenoxy) is 1. The molecule has 5 heteroatoms. The third kappa shape index (κ3) is 6.21. The van der Waals surface area contributed by atoms with Crippen LogP contribution >= 0.6 is 0 Å². The lowest BCUT2D eigenvalue weighted by atomic mass is 10.1.